The third-order valence-corrected chi connectivity index (χ3v) is 4.20. The summed E-state index contributed by atoms with van der Waals surface area (Å²) in [7, 11) is 0. The zero-order valence-corrected chi connectivity index (χ0v) is 14.0. The first-order chi connectivity index (χ1) is 11.8. The van der Waals surface area contributed by atoms with Crippen LogP contribution in [0.4, 0.5) is 0 Å². The summed E-state index contributed by atoms with van der Waals surface area (Å²) in [5, 5.41) is 29.9. The molecule has 3 aromatic rings. The minimum Gasteiger partial charge on any atom is -0.506 e. The van der Waals surface area contributed by atoms with Crippen molar-refractivity contribution in [3.63, 3.8) is 0 Å². The molecule has 0 aliphatic carbocycles. The monoisotopic (exact) mass is 355 g/mol. The van der Waals surface area contributed by atoms with Gasteiger partial charge in [-0.15, -0.1) is 0 Å². The number of carbonyl (C=O) groups is 1. The fourth-order valence-corrected chi connectivity index (χ4v) is 2.80. The average molecular weight is 356 g/mol. The number of hydrogen-bond acceptors (Lipinski definition) is 5. The third-order valence-electron chi connectivity index (χ3n) is 3.92. The molecular formula is C19H14ClNO4. The number of carbonyl (C=O) groups excluding carboxylic acids is 1. The highest BCUT2D eigenvalue weighted by atomic mass is 35.5. The number of ketones is 1. The first-order valence-electron chi connectivity index (χ1n) is 7.34. The molecular weight excluding hydrogens is 342 g/mol. The molecule has 0 radical (unpaired) electrons. The van der Waals surface area contributed by atoms with Crippen molar-refractivity contribution in [1.82, 2.24) is 4.98 Å². The van der Waals surface area contributed by atoms with Crippen LogP contribution in [0.5, 0.6) is 17.2 Å². The number of aromatic hydroxyl groups is 3. The molecule has 25 heavy (non-hydrogen) atoms. The lowest BCUT2D eigenvalue weighted by molar-refractivity contribution is 0.101. The molecule has 0 fully saturated rings. The number of pyridine rings is 1. The Kier molecular flexibility index (Phi) is 4.10. The molecule has 1 aromatic heterocycles. The number of hydrogen-bond donors (Lipinski definition) is 3. The second-order valence-electron chi connectivity index (χ2n) is 5.59. The largest absolute Gasteiger partial charge is 0.506 e. The first kappa shape index (κ1) is 16.8. The minimum absolute atomic E-state index is 0.0151. The Morgan fingerprint density at radius 3 is 2.44 bits per heavy atom. The molecule has 5 nitrogen and oxygen atoms in total. The summed E-state index contributed by atoms with van der Waals surface area (Å²) in [4.78, 5) is 16.1. The molecule has 0 aliphatic heterocycles. The van der Waals surface area contributed by atoms with Gasteiger partial charge >= 0.3 is 0 Å². The van der Waals surface area contributed by atoms with Gasteiger partial charge in [0.15, 0.2) is 17.3 Å². The molecule has 0 atom stereocenters. The van der Waals surface area contributed by atoms with Gasteiger partial charge in [0.2, 0.25) is 0 Å². The Labute approximate surface area is 148 Å². The molecule has 3 rings (SSSR count). The minimum atomic E-state index is -0.409. The van der Waals surface area contributed by atoms with Crippen molar-refractivity contribution in [3.8, 4) is 17.2 Å². The van der Waals surface area contributed by atoms with Crippen molar-refractivity contribution in [1.29, 1.82) is 0 Å². The number of rotatable bonds is 3. The van der Waals surface area contributed by atoms with E-state index in [-0.39, 0.29) is 27.8 Å². The summed E-state index contributed by atoms with van der Waals surface area (Å²) in [5.41, 5.74) is 2.08. The van der Waals surface area contributed by atoms with E-state index >= 15 is 0 Å². The van der Waals surface area contributed by atoms with E-state index in [0.29, 0.717) is 27.8 Å². The molecule has 0 saturated carbocycles. The fraction of sp³-hybridized carbons (Fsp3) is 0.0526. The van der Waals surface area contributed by atoms with Crippen LogP contribution in [0, 0.1) is 0 Å². The van der Waals surface area contributed by atoms with E-state index < -0.39 is 5.75 Å². The van der Waals surface area contributed by atoms with Crippen LogP contribution in [-0.4, -0.2) is 26.1 Å². The predicted molar refractivity (Wildman–Crippen MR) is 96.3 cm³/mol. The lowest BCUT2D eigenvalue weighted by atomic mass is 10.00. The van der Waals surface area contributed by atoms with Crippen molar-refractivity contribution >= 4 is 33.9 Å². The molecule has 0 aliphatic rings. The first-order valence-corrected chi connectivity index (χ1v) is 7.72. The van der Waals surface area contributed by atoms with Crippen molar-refractivity contribution in [2.75, 3.05) is 0 Å². The number of Topliss-reactive ketones (excluding diaryl/α,β-unsaturated/α-hetero) is 1. The number of halogens is 1. The summed E-state index contributed by atoms with van der Waals surface area (Å²) in [6.45, 7) is 5.38. The summed E-state index contributed by atoms with van der Waals surface area (Å²) < 4.78 is 0. The molecule has 1 heterocycles. The normalized spacial score (nSPS) is 10.8. The number of aromatic nitrogens is 1. The smallest absolute Gasteiger partial charge is 0.176 e. The van der Waals surface area contributed by atoms with E-state index in [0.717, 1.165) is 0 Å². The maximum absolute atomic E-state index is 11.7. The van der Waals surface area contributed by atoms with Crippen LogP contribution in [0.15, 0.2) is 43.0 Å². The SMILES string of the molecule is C=C(c1cc(O)c(O)c(Cl)c1)c1ccc2c(C(C)=O)ccc(O)c2n1. The summed E-state index contributed by atoms with van der Waals surface area (Å²) >= 11 is 5.88. The molecule has 2 aromatic carbocycles. The van der Waals surface area contributed by atoms with Gasteiger partial charge in [0.25, 0.3) is 0 Å². The van der Waals surface area contributed by atoms with E-state index in [1.807, 2.05) is 0 Å². The zero-order chi connectivity index (χ0) is 18.3. The van der Waals surface area contributed by atoms with E-state index in [9.17, 15) is 20.1 Å². The van der Waals surface area contributed by atoms with Crippen molar-refractivity contribution in [2.45, 2.75) is 6.92 Å². The Bertz CT molecular complexity index is 1020. The quantitative estimate of drug-likeness (QED) is 0.482. The highest BCUT2D eigenvalue weighted by Crippen LogP contribution is 2.37. The van der Waals surface area contributed by atoms with Gasteiger partial charge in [-0.25, -0.2) is 4.98 Å². The van der Waals surface area contributed by atoms with Crippen LogP contribution in [0.1, 0.15) is 28.5 Å². The lowest BCUT2D eigenvalue weighted by Gasteiger charge is -2.11. The van der Waals surface area contributed by atoms with Crippen molar-refractivity contribution in [3.05, 3.63) is 64.8 Å². The van der Waals surface area contributed by atoms with E-state index in [1.54, 1.807) is 18.2 Å². The fourth-order valence-electron chi connectivity index (χ4n) is 2.58. The van der Waals surface area contributed by atoms with Crippen molar-refractivity contribution < 1.29 is 20.1 Å². The second-order valence-corrected chi connectivity index (χ2v) is 5.99. The topological polar surface area (TPSA) is 90.7 Å². The van der Waals surface area contributed by atoms with Gasteiger partial charge in [0, 0.05) is 16.5 Å². The lowest BCUT2D eigenvalue weighted by Crippen LogP contribution is -1.97. The van der Waals surface area contributed by atoms with Gasteiger partial charge in [-0.05, 0) is 48.9 Å². The highest BCUT2D eigenvalue weighted by Gasteiger charge is 2.15. The molecule has 126 valence electrons. The predicted octanol–water partition coefficient (Wildman–Crippen LogP) is 4.27. The van der Waals surface area contributed by atoms with Crippen molar-refractivity contribution in [2.24, 2.45) is 0 Å². The van der Waals surface area contributed by atoms with Gasteiger partial charge < -0.3 is 15.3 Å². The summed E-state index contributed by atoms with van der Waals surface area (Å²) in [6.07, 6.45) is 0. The zero-order valence-electron chi connectivity index (χ0n) is 13.2. The van der Waals surface area contributed by atoms with Crippen LogP contribution in [0.25, 0.3) is 16.5 Å². The van der Waals surface area contributed by atoms with Crippen LogP contribution < -0.4 is 0 Å². The van der Waals surface area contributed by atoms with Crippen LogP contribution in [0.3, 0.4) is 0 Å². The third kappa shape index (κ3) is 2.90. The molecule has 0 amide bonds. The maximum Gasteiger partial charge on any atom is 0.176 e. The Morgan fingerprint density at radius 1 is 1.08 bits per heavy atom. The molecule has 0 saturated heterocycles. The molecule has 0 bridgehead atoms. The summed E-state index contributed by atoms with van der Waals surface area (Å²) in [5.74, 6) is -0.963. The number of phenols is 3. The summed E-state index contributed by atoms with van der Waals surface area (Å²) in [6, 6.07) is 9.09. The highest BCUT2D eigenvalue weighted by molar-refractivity contribution is 6.32. The van der Waals surface area contributed by atoms with Crippen LogP contribution in [-0.2, 0) is 0 Å². The molecule has 0 unspecified atom stereocenters. The second kappa shape index (κ2) is 6.11. The molecule has 6 heteroatoms. The van der Waals surface area contributed by atoms with Gasteiger partial charge in [-0.2, -0.15) is 0 Å². The number of phenolic OH excluding ortho intramolecular Hbond substituents is 3. The van der Waals surface area contributed by atoms with Gasteiger partial charge in [-0.1, -0.05) is 18.2 Å². The average Bonchev–Trinajstić information content (AvgIpc) is 2.58. The van der Waals surface area contributed by atoms with E-state index in [1.165, 1.54) is 25.1 Å². The number of benzene rings is 2. The Morgan fingerprint density at radius 2 is 1.80 bits per heavy atom. The molecule has 0 spiro atoms. The van der Waals surface area contributed by atoms with Gasteiger partial charge in [0.1, 0.15) is 11.3 Å². The van der Waals surface area contributed by atoms with Crippen LogP contribution in [0.2, 0.25) is 5.02 Å². The number of fused-ring (bicyclic) bond motifs is 1. The Hall–Kier alpha value is -3.05. The number of nitrogens with zero attached hydrogens (tertiary/aromatic N) is 1. The maximum atomic E-state index is 11.7. The van der Waals surface area contributed by atoms with E-state index in [2.05, 4.69) is 11.6 Å². The van der Waals surface area contributed by atoms with Crippen LogP contribution >= 0.6 is 11.6 Å². The van der Waals surface area contributed by atoms with Gasteiger partial charge in [-0.3, -0.25) is 4.79 Å². The molecule has 3 N–H and O–H groups in total. The van der Waals surface area contributed by atoms with E-state index in [4.69, 9.17) is 11.6 Å². The standard InChI is InChI=1S/C19H14ClNO4/c1-9(11-7-14(20)19(25)17(24)8-11)15-5-3-13-12(10(2)22)4-6-16(23)18(13)21-15/h3-8,23-25H,1H2,2H3. The Balaban J connectivity index is 2.15. The van der Waals surface area contributed by atoms with Gasteiger partial charge in [0.05, 0.1) is 10.7 Å².